The molecule has 0 aromatic rings. The van der Waals surface area contributed by atoms with Crippen LogP contribution >= 0.6 is 0 Å². The number of alkyl halides is 6. The van der Waals surface area contributed by atoms with E-state index in [2.05, 4.69) is 6.58 Å². The molecule has 0 aliphatic heterocycles. The predicted molar refractivity (Wildman–Crippen MR) is 127 cm³/mol. The standard InChI is InChI=1S/C27H36F6O5/c1-14(11-22(36)23(37)25(38,26(28,29)30)27(31,32)33)19-8-9-20-16(5-4-10-24(19,20)3)6-7-17-12-18(34)13-21(35)15(17)2/h6-7,14,18-21,23,34-35,37-38H,2,4-5,8-13H2,1,3H3/b16-6?,17-7-/t14-,18-,19-,20?,21-,23?,24-/m1/s1. The number of fused-ring (bicyclic) bond motifs is 1. The number of halogens is 6. The van der Waals surface area contributed by atoms with Gasteiger partial charge in [-0.3, -0.25) is 4.79 Å². The lowest BCUT2D eigenvalue weighted by molar-refractivity contribution is -0.386. The van der Waals surface area contributed by atoms with Crippen molar-refractivity contribution in [2.24, 2.45) is 23.2 Å². The number of carbonyl (C=O) groups is 1. The zero-order chi connectivity index (χ0) is 28.8. The summed E-state index contributed by atoms with van der Waals surface area (Å²) in [6.45, 7) is 7.51. The number of Topliss-reactive ketones (excluding diaryl/α,β-unsaturated/α-hetero) is 1. The number of aliphatic hydroxyl groups excluding tert-OH is 3. The number of hydrogen-bond acceptors (Lipinski definition) is 5. The van der Waals surface area contributed by atoms with Crippen molar-refractivity contribution in [2.75, 3.05) is 0 Å². The Hall–Kier alpha value is -1.69. The van der Waals surface area contributed by atoms with Crippen LogP contribution in [0.5, 0.6) is 0 Å². The molecule has 0 heterocycles. The average molecular weight is 555 g/mol. The molecule has 0 bridgehead atoms. The molecule has 0 aromatic carbocycles. The van der Waals surface area contributed by atoms with E-state index >= 15 is 0 Å². The molecule has 0 amide bonds. The maximum Gasteiger partial charge on any atom is 0.429 e. The molecule has 0 radical (unpaired) electrons. The van der Waals surface area contributed by atoms with Crippen LogP contribution in [0.25, 0.3) is 0 Å². The van der Waals surface area contributed by atoms with Crippen LogP contribution in [0.15, 0.2) is 35.5 Å². The summed E-state index contributed by atoms with van der Waals surface area (Å²) >= 11 is 0. The van der Waals surface area contributed by atoms with Crippen LogP contribution in [-0.2, 0) is 4.79 Å². The molecule has 3 rings (SSSR count). The second-order valence-electron chi connectivity index (χ2n) is 11.5. The van der Waals surface area contributed by atoms with Gasteiger partial charge in [-0.1, -0.05) is 38.2 Å². The van der Waals surface area contributed by atoms with Crippen molar-refractivity contribution >= 4 is 5.78 Å². The summed E-state index contributed by atoms with van der Waals surface area (Å²) in [5.41, 5.74) is -3.48. The molecule has 11 heteroatoms. The molecular formula is C27H36F6O5. The molecule has 0 spiro atoms. The molecular weight excluding hydrogens is 518 g/mol. The Labute approximate surface area is 217 Å². The maximum atomic E-state index is 13.1. The van der Waals surface area contributed by atoms with Crippen LogP contribution in [0.3, 0.4) is 0 Å². The molecule has 5 nitrogen and oxygen atoms in total. The first kappa shape index (κ1) is 30.8. The predicted octanol–water partition coefficient (Wildman–Crippen LogP) is 4.94. The minimum Gasteiger partial charge on any atom is -0.393 e. The quantitative estimate of drug-likeness (QED) is 0.349. The van der Waals surface area contributed by atoms with Crippen LogP contribution in [0, 0.1) is 23.2 Å². The van der Waals surface area contributed by atoms with Gasteiger partial charge in [-0.2, -0.15) is 26.3 Å². The van der Waals surface area contributed by atoms with Gasteiger partial charge in [-0.25, -0.2) is 0 Å². The average Bonchev–Trinajstić information content (AvgIpc) is 3.15. The van der Waals surface area contributed by atoms with Gasteiger partial charge in [0.05, 0.1) is 12.2 Å². The molecule has 7 atom stereocenters. The summed E-state index contributed by atoms with van der Waals surface area (Å²) in [5.74, 6) is -2.45. The van der Waals surface area contributed by atoms with Gasteiger partial charge in [0.25, 0.3) is 5.60 Å². The third-order valence-electron chi connectivity index (χ3n) is 9.08. The van der Waals surface area contributed by atoms with Crippen LogP contribution in [0.4, 0.5) is 26.3 Å². The van der Waals surface area contributed by atoms with Gasteiger partial charge < -0.3 is 20.4 Å². The van der Waals surface area contributed by atoms with E-state index in [0.29, 0.717) is 18.4 Å². The number of ketones is 1. The molecule has 0 aromatic heterocycles. The molecule has 3 aliphatic carbocycles. The number of hydrogen-bond donors (Lipinski definition) is 4. The Kier molecular flexibility index (Phi) is 8.69. The van der Waals surface area contributed by atoms with Gasteiger partial charge in [0.15, 0.2) is 11.9 Å². The minimum absolute atomic E-state index is 0.0783. The normalized spacial score (nSPS) is 34.9. The van der Waals surface area contributed by atoms with Crippen molar-refractivity contribution < 1.29 is 51.6 Å². The zero-order valence-electron chi connectivity index (χ0n) is 21.4. The van der Waals surface area contributed by atoms with Crippen molar-refractivity contribution in [1.82, 2.24) is 0 Å². The molecule has 38 heavy (non-hydrogen) atoms. The fourth-order valence-electron chi connectivity index (χ4n) is 6.95. The van der Waals surface area contributed by atoms with Crippen molar-refractivity contribution in [1.29, 1.82) is 0 Å². The van der Waals surface area contributed by atoms with E-state index in [9.17, 15) is 51.6 Å². The second-order valence-corrected chi connectivity index (χ2v) is 11.5. The van der Waals surface area contributed by atoms with E-state index in [0.717, 1.165) is 36.8 Å². The first-order valence-electron chi connectivity index (χ1n) is 12.9. The van der Waals surface area contributed by atoms with E-state index in [1.54, 1.807) is 6.92 Å². The van der Waals surface area contributed by atoms with Crippen molar-refractivity contribution in [3.05, 3.63) is 35.5 Å². The Bertz CT molecular complexity index is 969. The van der Waals surface area contributed by atoms with Crippen LogP contribution in [-0.4, -0.2) is 62.5 Å². The van der Waals surface area contributed by atoms with E-state index < -0.39 is 54.4 Å². The molecule has 3 aliphatic rings. The fraction of sp³-hybridized carbons (Fsp3) is 0.741. The van der Waals surface area contributed by atoms with Crippen LogP contribution < -0.4 is 0 Å². The molecule has 216 valence electrons. The summed E-state index contributed by atoms with van der Waals surface area (Å²) in [6.07, 6.45) is -10.4. The second kappa shape index (κ2) is 10.7. The Morgan fingerprint density at radius 3 is 2.32 bits per heavy atom. The smallest absolute Gasteiger partial charge is 0.393 e. The van der Waals surface area contributed by atoms with Crippen LogP contribution in [0.2, 0.25) is 0 Å². The first-order chi connectivity index (χ1) is 17.3. The highest BCUT2D eigenvalue weighted by Gasteiger charge is 2.75. The molecule has 2 unspecified atom stereocenters. The Morgan fingerprint density at radius 2 is 1.74 bits per heavy atom. The number of aliphatic hydroxyl groups is 4. The van der Waals surface area contributed by atoms with Crippen LogP contribution in [0.1, 0.15) is 65.2 Å². The highest BCUT2D eigenvalue weighted by Crippen LogP contribution is 2.60. The lowest BCUT2D eigenvalue weighted by Crippen LogP contribution is -2.66. The van der Waals surface area contributed by atoms with E-state index in [-0.39, 0.29) is 23.7 Å². The summed E-state index contributed by atoms with van der Waals surface area (Å²) in [6, 6.07) is 0. The van der Waals surface area contributed by atoms with Crippen molar-refractivity contribution in [3.63, 3.8) is 0 Å². The molecule has 4 N–H and O–H groups in total. The SMILES string of the molecule is C=C1/C(=C\C=C2CCC[C@@]3(C)C2CC[C@@H]3[C@H](C)CC(=O)C(O)C(O)(C(F)(F)F)C(F)(F)F)C[C@@H](O)C[C@H]1O. The number of allylic oxidation sites excluding steroid dienone is 3. The van der Waals surface area contributed by atoms with Gasteiger partial charge in [0.2, 0.25) is 0 Å². The molecule has 0 saturated heterocycles. The largest absolute Gasteiger partial charge is 0.429 e. The zero-order valence-corrected chi connectivity index (χ0v) is 21.4. The lowest BCUT2D eigenvalue weighted by atomic mass is 9.60. The highest BCUT2D eigenvalue weighted by atomic mass is 19.4. The molecule has 3 saturated carbocycles. The summed E-state index contributed by atoms with van der Waals surface area (Å²) < 4.78 is 78.7. The summed E-state index contributed by atoms with van der Waals surface area (Å²) in [4.78, 5) is 12.5. The van der Waals surface area contributed by atoms with E-state index in [1.807, 2.05) is 19.1 Å². The number of rotatable bonds is 6. The molecule has 3 fully saturated rings. The summed E-state index contributed by atoms with van der Waals surface area (Å²) in [5, 5.41) is 39.3. The van der Waals surface area contributed by atoms with Gasteiger partial charge in [-0.05, 0) is 72.8 Å². The minimum atomic E-state index is -6.29. The first-order valence-corrected chi connectivity index (χ1v) is 12.9. The number of carbonyl (C=O) groups excluding carboxylic acids is 1. The third-order valence-corrected chi connectivity index (χ3v) is 9.08. The van der Waals surface area contributed by atoms with E-state index in [1.165, 1.54) is 0 Å². The van der Waals surface area contributed by atoms with Crippen molar-refractivity contribution in [3.8, 4) is 0 Å². The monoisotopic (exact) mass is 554 g/mol. The lowest BCUT2D eigenvalue weighted by Gasteiger charge is -2.44. The fourth-order valence-corrected chi connectivity index (χ4v) is 6.95. The highest BCUT2D eigenvalue weighted by molar-refractivity contribution is 5.84. The Balaban J connectivity index is 1.78. The van der Waals surface area contributed by atoms with Crippen molar-refractivity contribution in [2.45, 2.75) is 101 Å². The van der Waals surface area contributed by atoms with Gasteiger partial charge in [0, 0.05) is 12.8 Å². The van der Waals surface area contributed by atoms with E-state index in [4.69, 9.17) is 0 Å². The van der Waals surface area contributed by atoms with Gasteiger partial charge in [0.1, 0.15) is 0 Å². The maximum absolute atomic E-state index is 13.1. The third kappa shape index (κ3) is 5.48. The Morgan fingerprint density at radius 1 is 1.13 bits per heavy atom. The van der Waals surface area contributed by atoms with Gasteiger partial charge in [-0.15, -0.1) is 0 Å². The topological polar surface area (TPSA) is 98.0 Å². The summed E-state index contributed by atoms with van der Waals surface area (Å²) in [7, 11) is 0. The van der Waals surface area contributed by atoms with Gasteiger partial charge >= 0.3 is 12.4 Å².